The second-order valence-electron chi connectivity index (χ2n) is 6.91. The van der Waals surface area contributed by atoms with Gasteiger partial charge in [0.2, 0.25) is 0 Å². The van der Waals surface area contributed by atoms with Gasteiger partial charge in [0.1, 0.15) is 12.6 Å². The van der Waals surface area contributed by atoms with E-state index in [9.17, 15) is 10.1 Å². The normalized spacial score (nSPS) is 31.8. The Kier molecular flexibility index (Phi) is 3.82. The van der Waals surface area contributed by atoms with Crippen LogP contribution >= 0.6 is 0 Å². The highest BCUT2D eigenvalue weighted by atomic mass is 16.5. The molecule has 4 rings (SSSR count). The summed E-state index contributed by atoms with van der Waals surface area (Å²) in [6, 6.07) is 22.2. The number of hydrogen-bond acceptors (Lipinski definition) is 4. The van der Waals surface area contributed by atoms with Crippen molar-refractivity contribution >= 4 is 5.97 Å². The zero-order valence-electron chi connectivity index (χ0n) is 14.1. The van der Waals surface area contributed by atoms with Crippen LogP contribution in [0.4, 0.5) is 0 Å². The molecule has 2 aliphatic rings. The van der Waals surface area contributed by atoms with Gasteiger partial charge in [-0.15, -0.1) is 0 Å². The van der Waals surface area contributed by atoms with Gasteiger partial charge in [-0.25, -0.2) is 0 Å². The predicted molar refractivity (Wildman–Crippen MR) is 93.3 cm³/mol. The highest BCUT2D eigenvalue weighted by Crippen LogP contribution is 2.52. The van der Waals surface area contributed by atoms with Crippen molar-refractivity contribution in [3.63, 3.8) is 0 Å². The molecule has 0 saturated carbocycles. The third kappa shape index (κ3) is 2.35. The number of cyclic esters (lactones) is 1. The molecule has 0 aliphatic carbocycles. The number of nitrogens with zero attached hydrogens (tertiary/aromatic N) is 2. The van der Waals surface area contributed by atoms with E-state index in [0.29, 0.717) is 13.0 Å². The van der Waals surface area contributed by atoms with E-state index in [4.69, 9.17) is 4.74 Å². The van der Waals surface area contributed by atoms with Crippen LogP contribution in [0.25, 0.3) is 0 Å². The van der Waals surface area contributed by atoms with Crippen molar-refractivity contribution < 1.29 is 9.53 Å². The number of morpholine rings is 1. The molecule has 0 amide bonds. The van der Waals surface area contributed by atoms with Crippen molar-refractivity contribution in [1.82, 2.24) is 4.90 Å². The zero-order chi connectivity index (χ0) is 17.4. The summed E-state index contributed by atoms with van der Waals surface area (Å²) in [7, 11) is 0. The van der Waals surface area contributed by atoms with Crippen LogP contribution in [0, 0.1) is 17.2 Å². The third-order valence-electron chi connectivity index (χ3n) is 5.70. The van der Waals surface area contributed by atoms with Crippen LogP contribution in [0.15, 0.2) is 60.7 Å². The monoisotopic (exact) mass is 332 g/mol. The highest BCUT2D eigenvalue weighted by Gasteiger charge is 2.58. The van der Waals surface area contributed by atoms with Crippen molar-refractivity contribution in [3.05, 3.63) is 71.8 Å². The summed E-state index contributed by atoms with van der Waals surface area (Å²) in [6.07, 6.45) is 0.504. The molecule has 4 atom stereocenters. The Morgan fingerprint density at radius 1 is 1.08 bits per heavy atom. The van der Waals surface area contributed by atoms with Crippen LogP contribution in [-0.4, -0.2) is 23.5 Å². The van der Waals surface area contributed by atoms with Crippen LogP contribution in [0.2, 0.25) is 0 Å². The molecular weight excluding hydrogens is 312 g/mol. The molecule has 2 aromatic carbocycles. The molecule has 25 heavy (non-hydrogen) atoms. The first-order valence-corrected chi connectivity index (χ1v) is 8.61. The van der Waals surface area contributed by atoms with E-state index in [1.165, 1.54) is 0 Å². The average Bonchev–Trinajstić information content (AvgIpc) is 2.98. The fraction of sp³-hybridized carbons (Fsp3) is 0.333. The molecule has 0 N–H and O–H groups in total. The zero-order valence-corrected chi connectivity index (χ0v) is 14.1. The summed E-state index contributed by atoms with van der Waals surface area (Å²) in [4.78, 5) is 14.7. The number of rotatable bonds is 2. The lowest BCUT2D eigenvalue weighted by Gasteiger charge is -2.46. The van der Waals surface area contributed by atoms with Gasteiger partial charge in [0.25, 0.3) is 0 Å². The maximum Gasteiger partial charge on any atom is 0.323 e. The minimum absolute atomic E-state index is 0.0487. The Hall–Kier alpha value is -2.64. The fourth-order valence-electron chi connectivity index (χ4n) is 4.39. The molecular formula is C21H20N2O2. The van der Waals surface area contributed by atoms with Crippen molar-refractivity contribution in [1.29, 1.82) is 5.26 Å². The van der Waals surface area contributed by atoms with Gasteiger partial charge in [0.15, 0.2) is 0 Å². The van der Waals surface area contributed by atoms with E-state index in [0.717, 1.165) is 11.1 Å². The summed E-state index contributed by atoms with van der Waals surface area (Å²) in [5.41, 5.74) is 1.65. The third-order valence-corrected chi connectivity index (χ3v) is 5.70. The van der Waals surface area contributed by atoms with Crippen molar-refractivity contribution in [2.24, 2.45) is 5.92 Å². The van der Waals surface area contributed by atoms with E-state index in [-0.39, 0.29) is 24.0 Å². The maximum absolute atomic E-state index is 12.5. The number of carbonyl (C=O) groups excluding carboxylic acids is 1. The van der Waals surface area contributed by atoms with E-state index < -0.39 is 5.54 Å². The van der Waals surface area contributed by atoms with Crippen molar-refractivity contribution in [2.75, 3.05) is 6.61 Å². The Labute approximate surface area is 147 Å². The molecule has 0 bridgehead atoms. The van der Waals surface area contributed by atoms with Crippen LogP contribution in [0.1, 0.15) is 30.5 Å². The number of fused-ring (bicyclic) bond motifs is 1. The Balaban J connectivity index is 1.86. The number of ether oxygens (including phenoxy) is 1. The summed E-state index contributed by atoms with van der Waals surface area (Å²) in [6.45, 7) is 2.41. The molecule has 0 radical (unpaired) electrons. The smallest absolute Gasteiger partial charge is 0.323 e. The second kappa shape index (κ2) is 6.02. The molecule has 2 saturated heterocycles. The highest BCUT2D eigenvalue weighted by molar-refractivity contribution is 5.78. The predicted octanol–water partition coefficient (Wildman–Crippen LogP) is 3.41. The topological polar surface area (TPSA) is 53.3 Å². The second-order valence-corrected chi connectivity index (χ2v) is 6.91. The average molecular weight is 332 g/mol. The number of carbonyl (C=O) groups is 1. The Morgan fingerprint density at radius 3 is 2.36 bits per heavy atom. The van der Waals surface area contributed by atoms with Crippen molar-refractivity contribution in [3.8, 4) is 6.07 Å². The lowest BCUT2D eigenvalue weighted by atomic mass is 9.80. The largest absolute Gasteiger partial charge is 0.462 e. The molecule has 2 aliphatic heterocycles. The molecule has 0 unspecified atom stereocenters. The Bertz CT molecular complexity index is 815. The van der Waals surface area contributed by atoms with Gasteiger partial charge in [-0.3, -0.25) is 9.69 Å². The van der Waals surface area contributed by atoms with Crippen LogP contribution in [0.5, 0.6) is 0 Å². The maximum atomic E-state index is 12.5. The number of esters is 1. The van der Waals surface area contributed by atoms with E-state index in [2.05, 4.69) is 42.2 Å². The Morgan fingerprint density at radius 2 is 1.72 bits per heavy atom. The minimum atomic E-state index is -0.527. The molecule has 2 fully saturated rings. The minimum Gasteiger partial charge on any atom is -0.462 e. The lowest BCUT2D eigenvalue weighted by Crippen LogP contribution is -2.54. The molecule has 2 aromatic rings. The van der Waals surface area contributed by atoms with Crippen LogP contribution in [-0.2, 0) is 15.1 Å². The number of benzene rings is 2. The van der Waals surface area contributed by atoms with Gasteiger partial charge in [-0.1, -0.05) is 60.7 Å². The van der Waals surface area contributed by atoms with Crippen LogP contribution < -0.4 is 0 Å². The fourth-order valence-corrected chi connectivity index (χ4v) is 4.39. The van der Waals surface area contributed by atoms with Gasteiger partial charge in [-0.2, -0.15) is 5.26 Å². The first-order valence-electron chi connectivity index (χ1n) is 8.61. The van der Waals surface area contributed by atoms with Crippen molar-refractivity contribution in [2.45, 2.75) is 31.0 Å². The van der Waals surface area contributed by atoms with E-state index >= 15 is 0 Å². The number of nitriles is 1. The van der Waals surface area contributed by atoms with E-state index in [1.807, 2.05) is 36.4 Å². The first-order chi connectivity index (χ1) is 12.2. The van der Waals surface area contributed by atoms with Gasteiger partial charge in [0.05, 0.1) is 23.6 Å². The molecule has 4 nitrogen and oxygen atoms in total. The quantitative estimate of drug-likeness (QED) is 0.791. The lowest BCUT2D eigenvalue weighted by molar-refractivity contribution is -0.165. The van der Waals surface area contributed by atoms with Crippen LogP contribution in [0.3, 0.4) is 0 Å². The molecule has 126 valence electrons. The molecule has 4 heteroatoms. The molecule has 2 heterocycles. The van der Waals surface area contributed by atoms with Gasteiger partial charge in [0, 0.05) is 0 Å². The number of hydrogen-bond donors (Lipinski definition) is 0. The first kappa shape index (κ1) is 15.9. The summed E-state index contributed by atoms with van der Waals surface area (Å²) >= 11 is 0. The SMILES string of the molecule is C[C@@]1(c2ccccc2)[C@@H](C#N)C[C@H]2C(=O)OC[C@H](c3ccccc3)N21. The summed E-state index contributed by atoms with van der Waals surface area (Å²) in [5, 5.41) is 9.82. The summed E-state index contributed by atoms with van der Waals surface area (Å²) in [5.74, 6) is -0.483. The van der Waals surface area contributed by atoms with Gasteiger partial charge in [-0.05, 0) is 24.5 Å². The van der Waals surface area contributed by atoms with Gasteiger partial charge >= 0.3 is 5.97 Å². The van der Waals surface area contributed by atoms with E-state index in [1.54, 1.807) is 0 Å². The molecule has 0 spiro atoms. The summed E-state index contributed by atoms with van der Waals surface area (Å²) < 4.78 is 5.49. The van der Waals surface area contributed by atoms with Gasteiger partial charge < -0.3 is 4.74 Å². The standard InChI is InChI=1S/C21H20N2O2/c1-21(16-10-6-3-7-11-16)17(13-22)12-18-20(24)25-14-19(23(18)21)15-8-4-2-5-9-15/h2-11,17-19H,12,14H2,1H3/t17-,18+,19-,21-/m1/s1. The molecule has 0 aromatic heterocycles.